The molecule has 0 bridgehead atoms. The molecule has 0 aliphatic carbocycles. The number of hydrogen-bond acceptors (Lipinski definition) is 15. The minimum Gasteiger partial charge on any atom is -0.543 e. The molecular weight excluding hydrogens is 979 g/mol. The molecule has 0 aliphatic heterocycles. The van der Waals surface area contributed by atoms with Crippen molar-refractivity contribution in [2.24, 2.45) is 0 Å². The SMILES string of the molecule is O=C(O)c1cc(C(=O)[O-])[nH]n1.O=C(O)c1cc(C(=O)[O-])[nH]n1.O=C(O)c1cc(C(=O)[O-])[nH]n1.[NH3+]c1ccccc1Oc1ccccc1.[NH3+]c1ccccc1Oc1ccccc1.[NH3+]c1ccccc1Oc1ccccc1. The van der Waals surface area contributed by atoms with Crippen LogP contribution in [0.15, 0.2) is 182 Å². The molecule has 0 aliphatic rings. The average molecular weight is 1020 g/mol. The Morgan fingerprint density at radius 3 is 0.747 bits per heavy atom. The second kappa shape index (κ2) is 29.3. The van der Waals surface area contributed by atoms with Gasteiger partial charge in [0.2, 0.25) is 0 Å². The fourth-order valence-electron chi connectivity index (χ4n) is 5.26. The van der Waals surface area contributed by atoms with Crippen LogP contribution < -0.4 is 46.7 Å². The highest BCUT2D eigenvalue weighted by molar-refractivity contribution is 5.91. The first-order valence-corrected chi connectivity index (χ1v) is 21.3. The van der Waals surface area contributed by atoms with E-state index in [0.717, 1.165) is 69.8 Å². The summed E-state index contributed by atoms with van der Waals surface area (Å²) in [5, 5.41) is 70.6. The zero-order chi connectivity index (χ0) is 54.7. The van der Waals surface area contributed by atoms with Crippen molar-refractivity contribution in [2.45, 2.75) is 0 Å². The van der Waals surface area contributed by atoms with Crippen molar-refractivity contribution in [1.82, 2.24) is 30.6 Å². The molecule has 75 heavy (non-hydrogen) atoms. The number of rotatable bonds is 12. The third-order valence-corrected chi connectivity index (χ3v) is 8.88. The van der Waals surface area contributed by atoms with E-state index in [-0.39, 0.29) is 34.2 Å². The van der Waals surface area contributed by atoms with Crippen LogP contribution in [0, 0.1) is 0 Å². The summed E-state index contributed by atoms with van der Waals surface area (Å²) in [4.78, 5) is 60.6. The normalized spacial score (nSPS) is 9.64. The Morgan fingerprint density at radius 1 is 0.360 bits per heavy atom. The number of H-pyrrole nitrogens is 3. The van der Waals surface area contributed by atoms with Crippen LogP contribution in [0.3, 0.4) is 0 Å². The number of aromatic carboxylic acids is 6. The van der Waals surface area contributed by atoms with Gasteiger partial charge in [0.1, 0.15) is 17.2 Å². The Hall–Kier alpha value is -11.0. The van der Waals surface area contributed by atoms with E-state index in [2.05, 4.69) is 32.5 Å². The molecule has 0 amide bonds. The Morgan fingerprint density at radius 2 is 0.573 bits per heavy atom. The van der Waals surface area contributed by atoms with E-state index in [1.807, 2.05) is 179 Å². The zero-order valence-corrected chi connectivity index (χ0v) is 39.0. The molecule has 0 saturated heterocycles. The highest BCUT2D eigenvalue weighted by Gasteiger charge is 2.10. The Kier molecular flexibility index (Phi) is 22.1. The number of carbonyl (C=O) groups excluding carboxylic acids is 3. The lowest BCUT2D eigenvalue weighted by Gasteiger charge is -2.04. The first-order valence-electron chi connectivity index (χ1n) is 21.3. The lowest BCUT2D eigenvalue weighted by atomic mass is 10.3. The van der Waals surface area contributed by atoms with Gasteiger partial charge in [-0.25, -0.2) is 14.4 Å². The number of benzene rings is 6. The summed E-state index contributed by atoms with van der Waals surface area (Å²) >= 11 is 0. The highest BCUT2D eigenvalue weighted by atomic mass is 16.5. The third kappa shape index (κ3) is 19.8. The van der Waals surface area contributed by atoms with Crippen LogP contribution in [0.2, 0.25) is 0 Å². The number of aromatic nitrogens is 6. The number of nitrogens with one attached hydrogen (secondary N) is 3. The second-order valence-corrected chi connectivity index (χ2v) is 14.3. The van der Waals surface area contributed by atoms with Crippen LogP contribution in [0.1, 0.15) is 62.9 Å². The summed E-state index contributed by atoms with van der Waals surface area (Å²) in [7, 11) is 0. The molecule has 0 fully saturated rings. The van der Waals surface area contributed by atoms with Gasteiger partial charge in [0, 0.05) is 18.2 Å². The Labute approximate surface area is 423 Å². The molecule has 0 radical (unpaired) electrons. The van der Waals surface area contributed by atoms with E-state index in [1.165, 1.54) is 0 Å². The van der Waals surface area contributed by atoms with E-state index in [9.17, 15) is 44.1 Å². The van der Waals surface area contributed by atoms with Gasteiger partial charge in [0.25, 0.3) is 0 Å². The topological polar surface area (TPSA) is 429 Å². The quantitative estimate of drug-likeness (QED) is 0.0848. The van der Waals surface area contributed by atoms with Gasteiger partial charge in [-0.05, 0) is 72.8 Å². The van der Waals surface area contributed by atoms with Gasteiger partial charge >= 0.3 is 17.9 Å². The fourth-order valence-corrected chi connectivity index (χ4v) is 5.26. The monoisotopic (exact) mass is 1020 g/mol. The molecule has 0 saturated carbocycles. The number of quaternary nitrogens is 3. The summed E-state index contributed by atoms with van der Waals surface area (Å²) < 4.78 is 16.9. The highest BCUT2D eigenvalue weighted by Crippen LogP contribution is 2.27. The molecule has 24 nitrogen and oxygen atoms in total. The van der Waals surface area contributed by atoms with E-state index in [4.69, 9.17) is 29.5 Å². The first kappa shape index (κ1) is 56.6. The summed E-state index contributed by atoms with van der Waals surface area (Å²) in [6.07, 6.45) is 0. The summed E-state index contributed by atoms with van der Waals surface area (Å²) in [6.45, 7) is 0. The number of ether oxygens (including phenoxy) is 3. The molecule has 9 aromatic rings. The molecule has 24 heteroatoms. The van der Waals surface area contributed by atoms with Crippen molar-refractivity contribution in [2.75, 3.05) is 0 Å². The molecule has 384 valence electrons. The van der Waals surface area contributed by atoms with Gasteiger partial charge in [-0.1, -0.05) is 91.0 Å². The number of carbonyl (C=O) groups is 6. The summed E-state index contributed by atoms with van der Waals surface area (Å²) in [6, 6.07) is 54.9. The maximum Gasteiger partial charge on any atom is 0.356 e. The van der Waals surface area contributed by atoms with Gasteiger partial charge < -0.3 is 76.4 Å². The summed E-state index contributed by atoms with van der Waals surface area (Å²) in [5.74, 6) is -3.37. The third-order valence-electron chi connectivity index (χ3n) is 8.88. The van der Waals surface area contributed by atoms with Crippen LogP contribution in [0.4, 0.5) is 17.1 Å². The predicted octanol–water partition coefficient (Wildman–Crippen LogP) is 2.47. The minimum atomic E-state index is -1.48. The molecular formula is C51H45N9O15. The van der Waals surface area contributed by atoms with Crippen LogP contribution in [0.5, 0.6) is 34.5 Å². The minimum absolute atomic E-state index is 0.343. The molecule has 0 atom stereocenters. The second-order valence-electron chi connectivity index (χ2n) is 14.3. The van der Waals surface area contributed by atoms with E-state index in [1.54, 1.807) is 0 Å². The number of aromatic amines is 3. The van der Waals surface area contributed by atoms with Crippen LogP contribution in [0.25, 0.3) is 0 Å². The van der Waals surface area contributed by atoms with Gasteiger partial charge in [0.05, 0.1) is 35.0 Å². The van der Waals surface area contributed by atoms with Gasteiger partial charge in [-0.15, -0.1) is 0 Å². The number of nitrogens with zero attached hydrogens (tertiary/aromatic N) is 3. The zero-order valence-electron chi connectivity index (χ0n) is 39.0. The largest absolute Gasteiger partial charge is 0.543 e. The van der Waals surface area contributed by atoms with Crippen LogP contribution in [-0.2, 0) is 0 Å². The summed E-state index contributed by atoms with van der Waals surface area (Å²) in [5.41, 5.74) is 12.3. The molecule has 15 N–H and O–H groups in total. The lowest BCUT2D eigenvalue weighted by Crippen LogP contribution is -2.40. The van der Waals surface area contributed by atoms with Crippen molar-refractivity contribution < 1.29 is 90.8 Å². The number of para-hydroxylation sites is 6. The van der Waals surface area contributed by atoms with Gasteiger partial charge in [0.15, 0.2) is 51.4 Å². The van der Waals surface area contributed by atoms with E-state index >= 15 is 0 Å². The Bertz CT molecular complexity index is 2840. The van der Waals surface area contributed by atoms with E-state index < -0.39 is 35.8 Å². The van der Waals surface area contributed by atoms with E-state index in [0.29, 0.717) is 0 Å². The molecule has 0 unspecified atom stereocenters. The smallest absolute Gasteiger partial charge is 0.356 e. The van der Waals surface area contributed by atoms with Crippen LogP contribution >= 0.6 is 0 Å². The first-order chi connectivity index (χ1) is 35.9. The number of hydrogen-bond donors (Lipinski definition) is 9. The average Bonchev–Trinajstić information content (AvgIpc) is 4.22. The number of carboxylic acids is 6. The molecule has 9 rings (SSSR count). The molecule has 6 aromatic carbocycles. The Balaban J connectivity index is 0.000000196. The number of carboxylic acid groups (broad SMARTS) is 6. The maximum atomic E-state index is 10.1. The fraction of sp³-hybridized carbons (Fsp3) is 0. The molecule has 3 heterocycles. The van der Waals surface area contributed by atoms with Crippen molar-refractivity contribution in [3.8, 4) is 34.5 Å². The van der Waals surface area contributed by atoms with Crippen molar-refractivity contribution in [1.29, 1.82) is 0 Å². The standard InChI is InChI=1S/3C12H11NO.3C5H4N2O4/c3*13-11-8-4-5-9-12(11)14-10-6-2-1-3-7-10;3*8-4(9)2-1-3(5(10)11)7-6-2/h3*1-9H,13H2;3*1H,(H,6,7)(H,8,9)(H,10,11). The molecule has 3 aromatic heterocycles. The molecule has 0 spiro atoms. The van der Waals surface area contributed by atoms with Crippen molar-refractivity contribution in [3.63, 3.8) is 0 Å². The van der Waals surface area contributed by atoms with Crippen molar-refractivity contribution in [3.05, 3.63) is 216 Å². The van der Waals surface area contributed by atoms with Crippen LogP contribution in [-0.4, -0.2) is 81.7 Å². The van der Waals surface area contributed by atoms with Gasteiger partial charge in [-0.2, -0.15) is 15.3 Å². The lowest BCUT2D eigenvalue weighted by molar-refractivity contribution is -0.256. The predicted molar refractivity (Wildman–Crippen MR) is 256 cm³/mol. The van der Waals surface area contributed by atoms with Gasteiger partial charge in [-0.3, -0.25) is 15.3 Å². The van der Waals surface area contributed by atoms with Crippen molar-refractivity contribution >= 4 is 52.9 Å². The maximum absolute atomic E-state index is 10.1.